The molecule has 0 saturated carbocycles. The lowest BCUT2D eigenvalue weighted by molar-refractivity contribution is -0.140. The molecule has 1 aliphatic rings. The minimum Gasteiger partial charge on any atom is -0.464 e. The van der Waals surface area contributed by atoms with Gasteiger partial charge in [-0.25, -0.2) is 0 Å². The molecule has 1 aliphatic heterocycles. The molecule has 0 bridgehead atoms. The van der Waals surface area contributed by atoms with Crippen molar-refractivity contribution in [1.29, 1.82) is 0 Å². The average Bonchev–Trinajstić information content (AvgIpc) is 3.13. The fourth-order valence-electron chi connectivity index (χ4n) is 2.63. The molecular weight excluding hydrogens is 322 g/mol. The van der Waals surface area contributed by atoms with Crippen molar-refractivity contribution in [2.45, 2.75) is 25.8 Å². The lowest BCUT2D eigenvalue weighted by atomic mass is 10.1. The molecule has 3 heterocycles. The SMILES string of the molecule is Cc1ccc([C@H]2COCCN2C(=O)CCc2ccc(Cl)s2)o1. The summed E-state index contributed by atoms with van der Waals surface area (Å²) in [6.45, 7) is 3.57. The second-order valence-corrected chi connectivity index (χ2v) is 7.13. The largest absolute Gasteiger partial charge is 0.464 e. The van der Waals surface area contributed by atoms with Gasteiger partial charge in [-0.2, -0.15) is 0 Å². The first-order chi connectivity index (χ1) is 10.6. The number of halogens is 1. The van der Waals surface area contributed by atoms with E-state index in [1.165, 1.54) is 11.3 Å². The molecule has 118 valence electrons. The van der Waals surface area contributed by atoms with Crippen LogP contribution in [0.4, 0.5) is 0 Å². The average molecular weight is 340 g/mol. The van der Waals surface area contributed by atoms with Gasteiger partial charge in [0, 0.05) is 17.8 Å². The van der Waals surface area contributed by atoms with Gasteiger partial charge in [0.25, 0.3) is 0 Å². The number of hydrogen-bond acceptors (Lipinski definition) is 4. The van der Waals surface area contributed by atoms with E-state index in [-0.39, 0.29) is 11.9 Å². The number of nitrogens with zero attached hydrogens (tertiary/aromatic N) is 1. The molecule has 0 N–H and O–H groups in total. The molecule has 3 rings (SSSR count). The van der Waals surface area contributed by atoms with E-state index in [9.17, 15) is 4.79 Å². The summed E-state index contributed by atoms with van der Waals surface area (Å²) in [4.78, 5) is 15.6. The number of rotatable bonds is 4. The maximum Gasteiger partial charge on any atom is 0.223 e. The molecule has 2 aromatic heterocycles. The third kappa shape index (κ3) is 3.54. The zero-order valence-electron chi connectivity index (χ0n) is 12.4. The van der Waals surface area contributed by atoms with Crippen LogP contribution < -0.4 is 0 Å². The van der Waals surface area contributed by atoms with Crippen LogP contribution in [0.1, 0.15) is 28.9 Å². The van der Waals surface area contributed by atoms with Gasteiger partial charge in [0.2, 0.25) is 5.91 Å². The van der Waals surface area contributed by atoms with Crippen molar-refractivity contribution in [3.63, 3.8) is 0 Å². The van der Waals surface area contributed by atoms with Crippen LogP contribution >= 0.6 is 22.9 Å². The number of carbonyl (C=O) groups excluding carboxylic acids is 1. The van der Waals surface area contributed by atoms with E-state index in [0.717, 1.165) is 27.2 Å². The quantitative estimate of drug-likeness (QED) is 0.850. The summed E-state index contributed by atoms with van der Waals surface area (Å²) in [5.41, 5.74) is 0. The first-order valence-corrected chi connectivity index (χ1v) is 8.50. The van der Waals surface area contributed by atoms with Crippen molar-refractivity contribution in [3.8, 4) is 0 Å². The number of morpholine rings is 1. The van der Waals surface area contributed by atoms with Gasteiger partial charge in [0.1, 0.15) is 17.6 Å². The monoisotopic (exact) mass is 339 g/mol. The topological polar surface area (TPSA) is 42.7 Å². The van der Waals surface area contributed by atoms with Crippen LogP contribution in [0.5, 0.6) is 0 Å². The van der Waals surface area contributed by atoms with Crippen molar-refractivity contribution in [1.82, 2.24) is 4.90 Å². The molecule has 1 fully saturated rings. The number of thiophene rings is 1. The van der Waals surface area contributed by atoms with Crippen LogP contribution in [0, 0.1) is 6.92 Å². The highest BCUT2D eigenvalue weighted by atomic mass is 35.5. The Bertz CT molecular complexity index is 651. The van der Waals surface area contributed by atoms with E-state index in [4.69, 9.17) is 20.8 Å². The number of furan rings is 1. The summed E-state index contributed by atoms with van der Waals surface area (Å²) < 4.78 is 12.0. The Labute approximate surface area is 138 Å². The van der Waals surface area contributed by atoms with E-state index in [0.29, 0.717) is 26.2 Å². The molecule has 4 nitrogen and oxygen atoms in total. The Kier molecular flexibility index (Phi) is 4.86. The van der Waals surface area contributed by atoms with Crippen molar-refractivity contribution in [2.24, 2.45) is 0 Å². The first-order valence-electron chi connectivity index (χ1n) is 7.31. The summed E-state index contributed by atoms with van der Waals surface area (Å²) >= 11 is 7.45. The maximum absolute atomic E-state index is 12.6. The van der Waals surface area contributed by atoms with Crippen LogP contribution in [-0.4, -0.2) is 30.6 Å². The highest BCUT2D eigenvalue weighted by molar-refractivity contribution is 7.16. The third-order valence-corrected chi connectivity index (χ3v) is 5.04. The van der Waals surface area contributed by atoms with Gasteiger partial charge >= 0.3 is 0 Å². The molecule has 1 atom stereocenters. The van der Waals surface area contributed by atoms with Crippen LogP contribution in [0.2, 0.25) is 4.34 Å². The fraction of sp³-hybridized carbons (Fsp3) is 0.438. The number of hydrogen-bond donors (Lipinski definition) is 0. The maximum atomic E-state index is 12.6. The lowest BCUT2D eigenvalue weighted by Gasteiger charge is -2.34. The van der Waals surface area contributed by atoms with Gasteiger partial charge < -0.3 is 14.1 Å². The van der Waals surface area contributed by atoms with Gasteiger partial charge in [-0.15, -0.1) is 11.3 Å². The van der Waals surface area contributed by atoms with E-state index in [1.807, 2.05) is 36.1 Å². The number of aryl methyl sites for hydroxylation is 2. The van der Waals surface area contributed by atoms with Crippen LogP contribution in [0.3, 0.4) is 0 Å². The molecule has 0 aliphatic carbocycles. The van der Waals surface area contributed by atoms with Crippen molar-refractivity contribution in [3.05, 3.63) is 45.0 Å². The zero-order chi connectivity index (χ0) is 15.5. The van der Waals surface area contributed by atoms with Crippen LogP contribution in [0.25, 0.3) is 0 Å². The second kappa shape index (κ2) is 6.86. The Morgan fingerprint density at radius 2 is 2.27 bits per heavy atom. The molecule has 0 radical (unpaired) electrons. The summed E-state index contributed by atoms with van der Waals surface area (Å²) in [6.07, 6.45) is 1.20. The highest BCUT2D eigenvalue weighted by Crippen LogP contribution is 2.27. The summed E-state index contributed by atoms with van der Waals surface area (Å²) in [5.74, 6) is 1.78. The smallest absolute Gasteiger partial charge is 0.223 e. The molecule has 0 unspecified atom stereocenters. The summed E-state index contributed by atoms with van der Waals surface area (Å²) in [6, 6.07) is 7.57. The van der Waals surface area contributed by atoms with Gasteiger partial charge in [0.15, 0.2) is 0 Å². The van der Waals surface area contributed by atoms with Gasteiger partial charge in [0.05, 0.1) is 17.6 Å². The minimum absolute atomic E-state index is 0.123. The molecule has 6 heteroatoms. The Morgan fingerprint density at radius 3 is 2.95 bits per heavy atom. The number of ether oxygens (including phenoxy) is 1. The zero-order valence-corrected chi connectivity index (χ0v) is 14.0. The molecule has 1 saturated heterocycles. The fourth-order valence-corrected chi connectivity index (χ4v) is 3.72. The minimum atomic E-state index is -0.123. The molecule has 1 amide bonds. The molecule has 22 heavy (non-hydrogen) atoms. The number of carbonyl (C=O) groups is 1. The molecular formula is C16H18ClNO3S. The van der Waals surface area contributed by atoms with Gasteiger partial charge in [-0.1, -0.05) is 11.6 Å². The third-order valence-electron chi connectivity index (χ3n) is 3.75. The summed E-state index contributed by atoms with van der Waals surface area (Å²) in [5, 5.41) is 0. The predicted molar refractivity (Wildman–Crippen MR) is 86.4 cm³/mol. The molecule has 2 aromatic rings. The first kappa shape index (κ1) is 15.6. The Balaban J connectivity index is 1.66. The van der Waals surface area contributed by atoms with Gasteiger partial charge in [-0.05, 0) is 37.6 Å². The van der Waals surface area contributed by atoms with Crippen LogP contribution in [0.15, 0.2) is 28.7 Å². The van der Waals surface area contributed by atoms with E-state index < -0.39 is 0 Å². The van der Waals surface area contributed by atoms with Crippen molar-refractivity contribution in [2.75, 3.05) is 19.8 Å². The molecule has 0 aromatic carbocycles. The van der Waals surface area contributed by atoms with E-state index >= 15 is 0 Å². The van der Waals surface area contributed by atoms with E-state index in [2.05, 4.69) is 0 Å². The lowest BCUT2D eigenvalue weighted by Crippen LogP contribution is -2.43. The predicted octanol–water partition coefficient (Wildman–Crippen LogP) is 3.84. The van der Waals surface area contributed by atoms with Gasteiger partial charge in [-0.3, -0.25) is 4.79 Å². The van der Waals surface area contributed by atoms with Crippen molar-refractivity contribution < 1.29 is 13.9 Å². The highest BCUT2D eigenvalue weighted by Gasteiger charge is 2.30. The normalized spacial score (nSPS) is 18.6. The number of amides is 1. The Morgan fingerprint density at radius 1 is 1.41 bits per heavy atom. The van der Waals surface area contributed by atoms with Crippen molar-refractivity contribution >= 4 is 28.8 Å². The van der Waals surface area contributed by atoms with Crippen LogP contribution in [-0.2, 0) is 16.0 Å². The van der Waals surface area contributed by atoms with E-state index in [1.54, 1.807) is 0 Å². The summed E-state index contributed by atoms with van der Waals surface area (Å²) in [7, 11) is 0. The second-order valence-electron chi connectivity index (χ2n) is 5.33. The Hall–Kier alpha value is -1.30. The standard InChI is InChI=1S/C16H18ClNO3S/c1-11-2-5-14(21-11)13-10-20-9-8-18(13)16(19)7-4-12-3-6-15(17)22-12/h2-3,5-6,13H,4,7-10H2,1H3/t13-/m1/s1. The molecule has 0 spiro atoms.